The van der Waals surface area contributed by atoms with Crippen LogP contribution >= 0.6 is 11.6 Å². The van der Waals surface area contributed by atoms with E-state index in [0.717, 1.165) is 29.4 Å². The molecule has 0 aliphatic heterocycles. The zero-order chi connectivity index (χ0) is 14.3. The lowest BCUT2D eigenvalue weighted by Crippen LogP contribution is -2.20. The highest BCUT2D eigenvalue weighted by molar-refractivity contribution is 6.30. The van der Waals surface area contributed by atoms with Gasteiger partial charge in [-0.05, 0) is 37.6 Å². The molecule has 1 aromatic rings. The third-order valence-electron chi connectivity index (χ3n) is 2.77. The summed E-state index contributed by atoms with van der Waals surface area (Å²) in [7, 11) is 1.68. The predicted octanol–water partition coefficient (Wildman–Crippen LogP) is 3.50. The van der Waals surface area contributed by atoms with E-state index in [1.54, 1.807) is 7.11 Å². The van der Waals surface area contributed by atoms with Gasteiger partial charge in [-0.25, -0.2) is 0 Å². The van der Waals surface area contributed by atoms with Gasteiger partial charge in [0.2, 0.25) is 0 Å². The van der Waals surface area contributed by atoms with Crippen LogP contribution in [0, 0.1) is 5.92 Å². The molecular formula is C15H24ClNO2. The lowest BCUT2D eigenvalue weighted by atomic mass is 10.1. The first-order valence-electron chi connectivity index (χ1n) is 6.67. The monoisotopic (exact) mass is 285 g/mol. The minimum Gasteiger partial charge on any atom is -0.491 e. The molecule has 0 amide bonds. The van der Waals surface area contributed by atoms with E-state index in [-0.39, 0.29) is 6.10 Å². The molecule has 0 radical (unpaired) electrons. The number of benzene rings is 1. The van der Waals surface area contributed by atoms with Crippen molar-refractivity contribution in [3.8, 4) is 5.75 Å². The summed E-state index contributed by atoms with van der Waals surface area (Å²) in [6.07, 6.45) is 0.0761. The van der Waals surface area contributed by atoms with Gasteiger partial charge in [0.25, 0.3) is 0 Å². The second-order valence-electron chi connectivity index (χ2n) is 5.13. The number of ether oxygens (including phenoxy) is 2. The van der Waals surface area contributed by atoms with Crippen LogP contribution in [0.1, 0.15) is 26.3 Å². The van der Waals surface area contributed by atoms with Crippen molar-refractivity contribution in [1.82, 2.24) is 5.32 Å². The summed E-state index contributed by atoms with van der Waals surface area (Å²) >= 11 is 6.04. The highest BCUT2D eigenvalue weighted by Gasteiger charge is 2.07. The number of hydrogen-bond acceptors (Lipinski definition) is 3. The van der Waals surface area contributed by atoms with Gasteiger partial charge in [-0.15, -0.1) is 0 Å². The Morgan fingerprint density at radius 2 is 2.00 bits per heavy atom. The highest BCUT2D eigenvalue weighted by Crippen LogP contribution is 2.23. The average molecular weight is 286 g/mol. The quantitative estimate of drug-likeness (QED) is 0.793. The van der Waals surface area contributed by atoms with Crippen molar-refractivity contribution < 1.29 is 9.47 Å². The molecule has 3 nitrogen and oxygen atoms in total. The molecule has 19 heavy (non-hydrogen) atoms. The van der Waals surface area contributed by atoms with Crippen molar-refractivity contribution in [1.29, 1.82) is 0 Å². The van der Waals surface area contributed by atoms with Gasteiger partial charge in [0.05, 0.1) is 6.10 Å². The van der Waals surface area contributed by atoms with Crippen LogP contribution in [0.25, 0.3) is 0 Å². The zero-order valence-electron chi connectivity index (χ0n) is 12.2. The van der Waals surface area contributed by atoms with Crippen molar-refractivity contribution in [2.24, 2.45) is 5.92 Å². The maximum atomic E-state index is 6.04. The van der Waals surface area contributed by atoms with E-state index in [2.05, 4.69) is 19.2 Å². The minimum atomic E-state index is 0.0761. The molecule has 1 unspecified atom stereocenters. The van der Waals surface area contributed by atoms with Crippen LogP contribution in [0.4, 0.5) is 0 Å². The summed E-state index contributed by atoms with van der Waals surface area (Å²) in [6, 6.07) is 5.71. The summed E-state index contributed by atoms with van der Waals surface area (Å²) in [5.41, 5.74) is 1.08. The Labute approximate surface area is 121 Å². The first kappa shape index (κ1) is 16.3. The van der Waals surface area contributed by atoms with Crippen LogP contribution in [0.15, 0.2) is 18.2 Å². The van der Waals surface area contributed by atoms with Gasteiger partial charge in [-0.3, -0.25) is 0 Å². The Balaban J connectivity index is 2.63. The number of rotatable bonds is 8. The van der Waals surface area contributed by atoms with E-state index in [1.165, 1.54) is 0 Å². The Morgan fingerprint density at radius 1 is 1.26 bits per heavy atom. The lowest BCUT2D eigenvalue weighted by Gasteiger charge is -2.16. The van der Waals surface area contributed by atoms with Gasteiger partial charge in [-0.1, -0.05) is 25.4 Å². The molecule has 0 spiro atoms. The molecule has 108 valence electrons. The third-order valence-corrected chi connectivity index (χ3v) is 3.00. The summed E-state index contributed by atoms with van der Waals surface area (Å²) in [5, 5.41) is 4.13. The molecule has 1 rings (SSSR count). The van der Waals surface area contributed by atoms with Gasteiger partial charge >= 0.3 is 0 Å². The lowest BCUT2D eigenvalue weighted by molar-refractivity contribution is 0.0712. The SMILES string of the molecule is COC(C)COc1ccc(Cl)cc1CNCC(C)C. The molecule has 0 aromatic heterocycles. The van der Waals surface area contributed by atoms with Gasteiger partial charge in [0.15, 0.2) is 0 Å². The van der Waals surface area contributed by atoms with Gasteiger partial charge in [0.1, 0.15) is 12.4 Å². The van der Waals surface area contributed by atoms with Crippen LogP contribution in [-0.4, -0.2) is 26.4 Å². The molecule has 0 saturated heterocycles. The first-order valence-corrected chi connectivity index (χ1v) is 7.05. The summed E-state index contributed by atoms with van der Waals surface area (Å²) in [4.78, 5) is 0. The summed E-state index contributed by atoms with van der Waals surface area (Å²) in [6.45, 7) is 8.61. The topological polar surface area (TPSA) is 30.5 Å². The molecule has 0 bridgehead atoms. The molecule has 0 saturated carbocycles. The van der Waals surface area contributed by atoms with Crippen LogP contribution in [0.3, 0.4) is 0 Å². The number of halogens is 1. The Hall–Kier alpha value is -0.770. The standard InChI is InChI=1S/C15H24ClNO2/c1-11(2)8-17-9-13-7-14(16)5-6-15(13)19-10-12(3)18-4/h5-7,11-12,17H,8-10H2,1-4H3. The predicted molar refractivity (Wildman–Crippen MR) is 80.0 cm³/mol. The number of hydrogen-bond donors (Lipinski definition) is 1. The van der Waals surface area contributed by atoms with E-state index in [1.807, 2.05) is 25.1 Å². The number of nitrogens with one attached hydrogen (secondary N) is 1. The summed E-state index contributed by atoms with van der Waals surface area (Å²) < 4.78 is 11.0. The fourth-order valence-electron chi connectivity index (χ4n) is 1.60. The highest BCUT2D eigenvalue weighted by atomic mass is 35.5. The van der Waals surface area contributed by atoms with Gasteiger partial charge in [0, 0.05) is 24.2 Å². The van der Waals surface area contributed by atoms with Gasteiger partial charge in [-0.2, -0.15) is 0 Å². The van der Waals surface area contributed by atoms with E-state index in [9.17, 15) is 0 Å². The van der Waals surface area contributed by atoms with Gasteiger partial charge < -0.3 is 14.8 Å². The zero-order valence-corrected chi connectivity index (χ0v) is 13.0. The van der Waals surface area contributed by atoms with Crippen LogP contribution in [0.2, 0.25) is 5.02 Å². The molecule has 0 heterocycles. The molecule has 0 aliphatic carbocycles. The Bertz CT molecular complexity index is 382. The van der Waals surface area contributed by atoms with Crippen molar-refractivity contribution in [2.45, 2.75) is 33.4 Å². The fourth-order valence-corrected chi connectivity index (χ4v) is 1.79. The smallest absolute Gasteiger partial charge is 0.124 e. The van der Waals surface area contributed by atoms with Crippen LogP contribution < -0.4 is 10.1 Å². The third kappa shape index (κ3) is 6.28. The van der Waals surface area contributed by atoms with E-state index >= 15 is 0 Å². The second kappa shape index (κ2) is 8.41. The molecule has 1 aromatic carbocycles. The largest absolute Gasteiger partial charge is 0.491 e. The van der Waals surface area contributed by atoms with Crippen molar-refractivity contribution >= 4 is 11.6 Å². The Kier molecular flexibility index (Phi) is 7.21. The van der Waals surface area contributed by atoms with E-state index in [0.29, 0.717) is 12.5 Å². The summed E-state index contributed by atoms with van der Waals surface area (Å²) in [5.74, 6) is 1.49. The van der Waals surface area contributed by atoms with Crippen molar-refractivity contribution in [3.63, 3.8) is 0 Å². The molecule has 0 fully saturated rings. The van der Waals surface area contributed by atoms with Crippen LogP contribution in [0.5, 0.6) is 5.75 Å². The normalized spacial score (nSPS) is 12.7. The molecule has 0 aliphatic rings. The molecule has 1 atom stereocenters. The van der Waals surface area contributed by atoms with Crippen molar-refractivity contribution in [3.05, 3.63) is 28.8 Å². The maximum absolute atomic E-state index is 6.04. The minimum absolute atomic E-state index is 0.0761. The Morgan fingerprint density at radius 3 is 2.63 bits per heavy atom. The molecule has 1 N–H and O–H groups in total. The van der Waals surface area contributed by atoms with Crippen LogP contribution in [-0.2, 0) is 11.3 Å². The second-order valence-corrected chi connectivity index (χ2v) is 5.57. The maximum Gasteiger partial charge on any atom is 0.124 e. The van der Waals surface area contributed by atoms with E-state index < -0.39 is 0 Å². The first-order chi connectivity index (χ1) is 9.02. The van der Waals surface area contributed by atoms with E-state index in [4.69, 9.17) is 21.1 Å². The molecule has 4 heteroatoms. The molecular weight excluding hydrogens is 262 g/mol. The average Bonchev–Trinajstić information content (AvgIpc) is 2.37. The fraction of sp³-hybridized carbons (Fsp3) is 0.600. The number of methoxy groups -OCH3 is 1. The van der Waals surface area contributed by atoms with Crippen molar-refractivity contribution in [2.75, 3.05) is 20.3 Å².